The second-order valence-corrected chi connectivity index (χ2v) is 7.70. The maximum atomic E-state index is 5.94. The summed E-state index contributed by atoms with van der Waals surface area (Å²) < 4.78 is 5.94. The second-order valence-electron chi connectivity index (χ2n) is 7.70. The average Bonchev–Trinajstić information content (AvgIpc) is 2.70. The maximum Gasteiger partial charge on any atom is 0.191 e. The molecule has 0 saturated carbocycles. The highest BCUT2D eigenvalue weighted by Gasteiger charge is 2.21. The van der Waals surface area contributed by atoms with Gasteiger partial charge in [0.2, 0.25) is 0 Å². The third-order valence-corrected chi connectivity index (χ3v) is 4.83. The van der Waals surface area contributed by atoms with Crippen molar-refractivity contribution in [2.45, 2.75) is 33.4 Å². The highest BCUT2D eigenvalue weighted by molar-refractivity contribution is 5.85. The number of aliphatic imine (C=N–C) groups is 1. The number of pyridine rings is 1. The molecule has 1 fully saturated rings. The SMILES string of the molecule is CCNC(=NCc1nccc2ccccc12)NCC1CN(CC(C)C)CCO1. The van der Waals surface area contributed by atoms with Crippen LogP contribution in [-0.4, -0.2) is 61.3 Å². The molecule has 1 aliphatic rings. The summed E-state index contributed by atoms with van der Waals surface area (Å²) in [5.74, 6) is 1.49. The molecule has 1 atom stereocenters. The minimum Gasteiger partial charge on any atom is -0.374 e. The summed E-state index contributed by atoms with van der Waals surface area (Å²) >= 11 is 0. The predicted octanol–water partition coefficient (Wildman–Crippen LogP) is 2.65. The van der Waals surface area contributed by atoms with Crippen LogP contribution in [0.1, 0.15) is 26.5 Å². The Morgan fingerprint density at radius 2 is 2.14 bits per heavy atom. The third kappa shape index (κ3) is 5.91. The fourth-order valence-corrected chi connectivity index (χ4v) is 3.60. The molecule has 2 heterocycles. The quantitative estimate of drug-likeness (QED) is 0.569. The van der Waals surface area contributed by atoms with Gasteiger partial charge in [-0.25, -0.2) is 4.99 Å². The molecular formula is C22H33N5O. The number of hydrogen-bond donors (Lipinski definition) is 2. The molecule has 0 amide bonds. The third-order valence-electron chi connectivity index (χ3n) is 4.83. The zero-order valence-corrected chi connectivity index (χ0v) is 17.3. The molecule has 2 N–H and O–H groups in total. The minimum atomic E-state index is 0.187. The van der Waals surface area contributed by atoms with E-state index in [4.69, 9.17) is 9.73 Å². The van der Waals surface area contributed by atoms with Crippen LogP contribution in [0.25, 0.3) is 10.8 Å². The van der Waals surface area contributed by atoms with Crippen LogP contribution in [-0.2, 0) is 11.3 Å². The van der Waals surface area contributed by atoms with Crippen molar-refractivity contribution in [3.63, 3.8) is 0 Å². The summed E-state index contributed by atoms with van der Waals surface area (Å²) in [7, 11) is 0. The molecule has 0 radical (unpaired) electrons. The van der Waals surface area contributed by atoms with E-state index < -0.39 is 0 Å². The summed E-state index contributed by atoms with van der Waals surface area (Å²) in [6.07, 6.45) is 2.04. The number of fused-ring (bicyclic) bond motifs is 1. The topological polar surface area (TPSA) is 61.8 Å². The highest BCUT2D eigenvalue weighted by Crippen LogP contribution is 2.16. The lowest BCUT2D eigenvalue weighted by molar-refractivity contribution is -0.0284. The standard InChI is InChI=1S/C22H33N5O/c1-4-23-22(25-13-19-16-27(11-12-28-19)15-17(2)3)26-14-21-20-8-6-5-7-18(20)9-10-24-21/h5-10,17,19H,4,11-16H2,1-3H3,(H2,23,25,26). The molecule has 6 nitrogen and oxygen atoms in total. The Kier molecular flexibility index (Phi) is 7.62. The second kappa shape index (κ2) is 10.4. The van der Waals surface area contributed by atoms with Crippen molar-refractivity contribution in [1.82, 2.24) is 20.5 Å². The van der Waals surface area contributed by atoms with Gasteiger partial charge in [-0.3, -0.25) is 9.88 Å². The number of guanidine groups is 1. The summed E-state index contributed by atoms with van der Waals surface area (Å²) in [5.41, 5.74) is 0.993. The molecule has 1 aliphatic heterocycles. The van der Waals surface area contributed by atoms with Crippen LogP contribution in [0.5, 0.6) is 0 Å². The van der Waals surface area contributed by atoms with Gasteiger partial charge >= 0.3 is 0 Å². The molecule has 1 aromatic heterocycles. The number of nitrogens with one attached hydrogen (secondary N) is 2. The summed E-state index contributed by atoms with van der Waals surface area (Å²) in [5, 5.41) is 9.12. The number of nitrogens with zero attached hydrogens (tertiary/aromatic N) is 3. The first-order valence-corrected chi connectivity index (χ1v) is 10.3. The van der Waals surface area contributed by atoms with E-state index in [9.17, 15) is 0 Å². The van der Waals surface area contributed by atoms with Crippen LogP contribution in [0.3, 0.4) is 0 Å². The van der Waals surface area contributed by atoms with E-state index in [0.29, 0.717) is 12.5 Å². The highest BCUT2D eigenvalue weighted by atomic mass is 16.5. The molecular weight excluding hydrogens is 350 g/mol. The Morgan fingerprint density at radius 1 is 1.29 bits per heavy atom. The molecule has 6 heteroatoms. The maximum absolute atomic E-state index is 5.94. The van der Waals surface area contributed by atoms with E-state index >= 15 is 0 Å². The van der Waals surface area contributed by atoms with Crippen molar-refractivity contribution in [3.8, 4) is 0 Å². The Labute approximate surface area is 168 Å². The van der Waals surface area contributed by atoms with E-state index in [-0.39, 0.29) is 6.10 Å². The summed E-state index contributed by atoms with van der Waals surface area (Å²) in [6, 6.07) is 10.3. The van der Waals surface area contributed by atoms with Gasteiger partial charge in [0.15, 0.2) is 5.96 Å². The molecule has 1 saturated heterocycles. The van der Waals surface area contributed by atoms with Gasteiger partial charge in [-0.1, -0.05) is 38.1 Å². The van der Waals surface area contributed by atoms with Crippen LogP contribution < -0.4 is 10.6 Å². The summed E-state index contributed by atoms with van der Waals surface area (Å²) in [6.45, 7) is 12.6. The lowest BCUT2D eigenvalue weighted by atomic mass is 10.1. The monoisotopic (exact) mass is 383 g/mol. The number of hydrogen-bond acceptors (Lipinski definition) is 4. The van der Waals surface area contributed by atoms with E-state index in [2.05, 4.69) is 53.4 Å². The lowest BCUT2D eigenvalue weighted by Crippen LogP contribution is -2.50. The summed E-state index contributed by atoms with van der Waals surface area (Å²) in [4.78, 5) is 11.8. The number of rotatable bonds is 7. The normalized spacial score (nSPS) is 18.6. The van der Waals surface area contributed by atoms with Gasteiger partial charge < -0.3 is 15.4 Å². The van der Waals surface area contributed by atoms with Gasteiger partial charge in [-0.15, -0.1) is 0 Å². The van der Waals surface area contributed by atoms with Gasteiger partial charge in [0, 0.05) is 44.3 Å². The van der Waals surface area contributed by atoms with Gasteiger partial charge in [0.1, 0.15) is 0 Å². The van der Waals surface area contributed by atoms with Crippen molar-refractivity contribution < 1.29 is 4.74 Å². The molecule has 3 rings (SSSR count). The zero-order valence-electron chi connectivity index (χ0n) is 17.3. The number of aromatic nitrogens is 1. The van der Waals surface area contributed by atoms with E-state index in [1.807, 2.05) is 24.4 Å². The van der Waals surface area contributed by atoms with Crippen molar-refractivity contribution >= 4 is 16.7 Å². The first kappa shape index (κ1) is 20.6. The van der Waals surface area contributed by atoms with Crippen molar-refractivity contribution in [1.29, 1.82) is 0 Å². The molecule has 152 valence electrons. The molecule has 0 spiro atoms. The fourth-order valence-electron chi connectivity index (χ4n) is 3.60. The van der Waals surface area contributed by atoms with Gasteiger partial charge in [0.25, 0.3) is 0 Å². The smallest absolute Gasteiger partial charge is 0.191 e. The first-order valence-electron chi connectivity index (χ1n) is 10.3. The predicted molar refractivity (Wildman–Crippen MR) is 116 cm³/mol. The van der Waals surface area contributed by atoms with Crippen LogP contribution in [0, 0.1) is 5.92 Å². The molecule has 2 aromatic rings. The Balaban J connectivity index is 1.60. The average molecular weight is 384 g/mol. The van der Waals surface area contributed by atoms with Gasteiger partial charge in [-0.05, 0) is 24.3 Å². The van der Waals surface area contributed by atoms with E-state index in [0.717, 1.165) is 56.4 Å². The molecule has 0 bridgehead atoms. The molecule has 0 aliphatic carbocycles. The number of morpholine rings is 1. The van der Waals surface area contributed by atoms with Crippen LogP contribution in [0.2, 0.25) is 0 Å². The molecule has 1 aromatic carbocycles. The van der Waals surface area contributed by atoms with Crippen LogP contribution >= 0.6 is 0 Å². The fraction of sp³-hybridized carbons (Fsp3) is 0.545. The van der Waals surface area contributed by atoms with E-state index in [1.165, 1.54) is 5.39 Å². The molecule has 28 heavy (non-hydrogen) atoms. The van der Waals surface area contributed by atoms with Crippen molar-refractivity contribution in [3.05, 3.63) is 42.2 Å². The van der Waals surface area contributed by atoms with Gasteiger partial charge in [0.05, 0.1) is 24.9 Å². The number of benzene rings is 1. The van der Waals surface area contributed by atoms with Crippen LogP contribution in [0.4, 0.5) is 0 Å². The minimum absolute atomic E-state index is 0.187. The Morgan fingerprint density at radius 3 is 2.96 bits per heavy atom. The largest absolute Gasteiger partial charge is 0.374 e. The lowest BCUT2D eigenvalue weighted by Gasteiger charge is -2.34. The Bertz CT molecular complexity index is 771. The van der Waals surface area contributed by atoms with Gasteiger partial charge in [-0.2, -0.15) is 0 Å². The molecule has 1 unspecified atom stereocenters. The van der Waals surface area contributed by atoms with Crippen LogP contribution in [0.15, 0.2) is 41.5 Å². The first-order chi connectivity index (χ1) is 13.7. The van der Waals surface area contributed by atoms with Crippen molar-refractivity contribution in [2.24, 2.45) is 10.9 Å². The Hall–Kier alpha value is -2.18. The zero-order chi connectivity index (χ0) is 19.8. The number of ether oxygens (including phenoxy) is 1. The van der Waals surface area contributed by atoms with Crippen molar-refractivity contribution in [2.75, 3.05) is 39.3 Å². The van der Waals surface area contributed by atoms with E-state index in [1.54, 1.807) is 0 Å².